The van der Waals surface area contributed by atoms with Crippen LogP contribution in [0.15, 0.2) is 120 Å². The minimum atomic E-state index is -1.44. The highest BCUT2D eigenvalue weighted by molar-refractivity contribution is 7.99. The lowest BCUT2D eigenvalue weighted by molar-refractivity contribution is -0.206. The van der Waals surface area contributed by atoms with Gasteiger partial charge < -0.3 is 28.8 Å². The molecule has 0 amide bonds. The molecule has 0 aliphatic carbocycles. The van der Waals surface area contributed by atoms with Crippen LogP contribution in [0.5, 0.6) is 5.75 Å². The van der Waals surface area contributed by atoms with Crippen LogP contribution in [0.2, 0.25) is 0 Å². The van der Waals surface area contributed by atoms with Crippen molar-refractivity contribution in [2.75, 3.05) is 13.7 Å². The topological polar surface area (TPSA) is 118 Å². The summed E-state index contributed by atoms with van der Waals surface area (Å²) in [5, 5.41) is 11.6. The molecule has 0 radical (unpaired) electrons. The number of esters is 3. The Labute approximate surface area is 258 Å². The van der Waals surface area contributed by atoms with Crippen molar-refractivity contribution >= 4 is 29.7 Å². The highest BCUT2D eigenvalue weighted by atomic mass is 32.2. The number of thioether (sulfide) groups is 1. The van der Waals surface area contributed by atoms with Crippen molar-refractivity contribution in [3.05, 3.63) is 132 Å². The molecule has 1 aliphatic rings. The summed E-state index contributed by atoms with van der Waals surface area (Å²) in [4.78, 5) is 40.0. The van der Waals surface area contributed by atoms with Gasteiger partial charge in [0.1, 0.15) is 30.0 Å². The molecule has 1 aliphatic heterocycles. The fraction of sp³-hybridized carbons (Fsp3) is 0.206. The van der Waals surface area contributed by atoms with Crippen LogP contribution >= 0.6 is 11.8 Å². The number of hydrogen-bond acceptors (Lipinski definition) is 10. The summed E-state index contributed by atoms with van der Waals surface area (Å²) in [7, 11) is 1.56. The van der Waals surface area contributed by atoms with Crippen LogP contribution in [-0.2, 0) is 18.9 Å². The largest absolute Gasteiger partial charge is 0.497 e. The maximum Gasteiger partial charge on any atom is 0.338 e. The first-order chi connectivity index (χ1) is 21.4. The monoisotopic (exact) mass is 614 g/mol. The van der Waals surface area contributed by atoms with E-state index in [-0.39, 0.29) is 17.7 Å². The van der Waals surface area contributed by atoms with Crippen molar-refractivity contribution in [3.63, 3.8) is 0 Å². The van der Waals surface area contributed by atoms with Crippen LogP contribution in [0.3, 0.4) is 0 Å². The second-order valence-electron chi connectivity index (χ2n) is 9.76. The van der Waals surface area contributed by atoms with Gasteiger partial charge in [-0.1, -0.05) is 66.4 Å². The molecule has 0 aromatic heterocycles. The molecule has 5 atom stereocenters. The van der Waals surface area contributed by atoms with Gasteiger partial charge in [0.2, 0.25) is 0 Å². The number of aliphatic hydroxyl groups is 1. The van der Waals surface area contributed by atoms with Crippen LogP contribution in [-0.4, -0.2) is 66.6 Å². The van der Waals surface area contributed by atoms with Crippen LogP contribution in [0.25, 0.3) is 0 Å². The van der Waals surface area contributed by atoms with Crippen LogP contribution in [0.4, 0.5) is 0 Å². The summed E-state index contributed by atoms with van der Waals surface area (Å²) in [6.07, 6.45) is -5.26. The third-order valence-corrected chi connectivity index (χ3v) is 7.99. The van der Waals surface area contributed by atoms with E-state index >= 15 is 0 Å². The molecule has 44 heavy (non-hydrogen) atoms. The van der Waals surface area contributed by atoms with Gasteiger partial charge in [-0.25, -0.2) is 14.4 Å². The molecule has 1 heterocycles. The SMILES string of the molecule is COc1ccc(S[C@@H]2O[C@H](COC(=O)c3ccccc3)[C@H](OC(=O)c3ccccc3)[C@H](OC(=O)c3ccccc3)[C@H]2O)cc1. The molecule has 226 valence electrons. The second kappa shape index (κ2) is 14.7. The summed E-state index contributed by atoms with van der Waals surface area (Å²) >= 11 is 1.17. The van der Waals surface area contributed by atoms with Crippen molar-refractivity contribution in [1.29, 1.82) is 0 Å². The highest BCUT2D eigenvalue weighted by Gasteiger charge is 2.50. The van der Waals surface area contributed by atoms with E-state index in [9.17, 15) is 19.5 Å². The normalized spacial score (nSPS) is 21.1. The van der Waals surface area contributed by atoms with Gasteiger partial charge in [0.15, 0.2) is 12.2 Å². The lowest BCUT2D eigenvalue weighted by atomic mass is 9.99. The van der Waals surface area contributed by atoms with Crippen LogP contribution in [0, 0.1) is 0 Å². The van der Waals surface area contributed by atoms with E-state index in [1.165, 1.54) is 11.8 Å². The summed E-state index contributed by atoms with van der Waals surface area (Å²) in [6, 6.07) is 32.0. The molecule has 9 nitrogen and oxygen atoms in total. The fourth-order valence-electron chi connectivity index (χ4n) is 4.54. The molecule has 1 saturated heterocycles. The lowest BCUT2D eigenvalue weighted by Crippen LogP contribution is -2.60. The summed E-state index contributed by atoms with van der Waals surface area (Å²) < 4.78 is 28.8. The van der Waals surface area contributed by atoms with Crippen LogP contribution < -0.4 is 4.74 Å². The Kier molecular flexibility index (Phi) is 10.3. The van der Waals surface area contributed by atoms with Gasteiger partial charge in [-0.2, -0.15) is 0 Å². The Morgan fingerprint density at radius 1 is 0.682 bits per heavy atom. The van der Waals surface area contributed by atoms with Gasteiger partial charge in [0.25, 0.3) is 0 Å². The Morgan fingerprint density at radius 2 is 1.16 bits per heavy atom. The fourth-order valence-corrected chi connectivity index (χ4v) is 5.59. The third-order valence-electron chi connectivity index (χ3n) is 6.82. The zero-order valence-electron chi connectivity index (χ0n) is 23.7. The molecular weight excluding hydrogens is 584 g/mol. The summed E-state index contributed by atoms with van der Waals surface area (Å²) in [5.74, 6) is -1.43. The molecule has 4 aromatic carbocycles. The van der Waals surface area contributed by atoms with Crippen molar-refractivity contribution < 1.29 is 43.2 Å². The Bertz CT molecular complexity index is 1530. The standard InChI is InChI=1S/C34H30O9S/c1-39-25-17-19-26(20-18-25)44-34-28(35)30(43-33(38)24-15-9-4-10-16-24)29(42-32(37)23-13-7-3-8-14-23)27(41-34)21-40-31(36)22-11-5-2-6-12-22/h2-20,27-30,34-35H,21H2,1H3/t27-,28-,29+,30-,34+/m1/s1. The van der Waals surface area contributed by atoms with E-state index in [2.05, 4.69) is 0 Å². The van der Waals surface area contributed by atoms with Gasteiger partial charge in [-0.05, 0) is 60.7 Å². The molecule has 10 heteroatoms. The second-order valence-corrected chi connectivity index (χ2v) is 10.9. The number of carbonyl (C=O) groups is 3. The molecule has 0 spiro atoms. The van der Waals surface area contributed by atoms with Crippen molar-refractivity contribution in [2.24, 2.45) is 0 Å². The van der Waals surface area contributed by atoms with Crippen molar-refractivity contribution in [2.45, 2.75) is 34.7 Å². The van der Waals surface area contributed by atoms with E-state index in [1.807, 2.05) is 0 Å². The maximum absolute atomic E-state index is 13.2. The first-order valence-corrected chi connectivity index (χ1v) is 14.7. The summed E-state index contributed by atoms with van der Waals surface area (Å²) in [6.45, 7) is -0.355. The number of benzene rings is 4. The molecule has 0 bridgehead atoms. The van der Waals surface area contributed by atoms with Crippen LogP contribution in [0.1, 0.15) is 31.1 Å². The van der Waals surface area contributed by atoms with Crippen molar-refractivity contribution in [1.82, 2.24) is 0 Å². The Balaban J connectivity index is 1.46. The van der Waals surface area contributed by atoms with Gasteiger partial charge in [0, 0.05) is 4.90 Å². The number of methoxy groups -OCH3 is 1. The smallest absolute Gasteiger partial charge is 0.338 e. The quantitative estimate of drug-likeness (QED) is 0.189. The maximum atomic E-state index is 13.2. The highest BCUT2D eigenvalue weighted by Crippen LogP contribution is 2.37. The lowest BCUT2D eigenvalue weighted by Gasteiger charge is -2.43. The minimum absolute atomic E-state index is 0.241. The molecule has 4 aromatic rings. The van der Waals surface area contributed by atoms with E-state index in [4.69, 9.17) is 23.7 Å². The predicted octanol–water partition coefficient (Wildman–Crippen LogP) is 5.18. The van der Waals surface area contributed by atoms with Gasteiger partial charge >= 0.3 is 17.9 Å². The molecule has 0 saturated carbocycles. The van der Waals surface area contributed by atoms with E-state index in [1.54, 1.807) is 122 Å². The molecule has 1 fully saturated rings. The Morgan fingerprint density at radius 3 is 1.66 bits per heavy atom. The van der Waals surface area contributed by atoms with Gasteiger partial charge in [-0.15, -0.1) is 0 Å². The average molecular weight is 615 g/mol. The van der Waals surface area contributed by atoms with E-state index in [0.29, 0.717) is 11.3 Å². The predicted molar refractivity (Wildman–Crippen MR) is 162 cm³/mol. The molecule has 1 N–H and O–H groups in total. The number of aliphatic hydroxyl groups excluding tert-OH is 1. The Hall–Kier alpha value is -4.64. The number of ether oxygens (including phenoxy) is 5. The minimum Gasteiger partial charge on any atom is -0.497 e. The number of carbonyl (C=O) groups excluding carboxylic acids is 3. The van der Waals surface area contributed by atoms with Crippen molar-refractivity contribution in [3.8, 4) is 5.75 Å². The zero-order valence-corrected chi connectivity index (χ0v) is 24.5. The number of rotatable bonds is 10. The molecule has 5 rings (SSSR count). The van der Waals surface area contributed by atoms with Gasteiger partial charge in [-0.3, -0.25) is 0 Å². The number of hydrogen-bond donors (Lipinski definition) is 1. The molecular formula is C34H30O9S. The first kappa shape index (κ1) is 30.8. The van der Waals surface area contributed by atoms with Gasteiger partial charge in [0.05, 0.1) is 23.8 Å². The average Bonchev–Trinajstić information content (AvgIpc) is 3.08. The summed E-state index contributed by atoms with van der Waals surface area (Å²) in [5.41, 5.74) is -0.197. The third kappa shape index (κ3) is 7.65. The van der Waals surface area contributed by atoms with E-state index in [0.717, 1.165) is 4.90 Å². The molecule has 0 unspecified atom stereocenters. The zero-order chi connectivity index (χ0) is 30.9. The first-order valence-electron chi connectivity index (χ1n) is 13.8. The van der Waals surface area contributed by atoms with E-state index < -0.39 is 47.8 Å².